The van der Waals surface area contributed by atoms with E-state index in [9.17, 15) is 13.2 Å². The SMILES string of the molecule is Cc1ccc(S(=O)(=O)NC(=O)N2CC(C)CC(C)C2)cc1. The van der Waals surface area contributed by atoms with Gasteiger partial charge in [0.25, 0.3) is 10.0 Å². The molecule has 2 unspecified atom stereocenters. The van der Waals surface area contributed by atoms with Crippen LogP contribution in [0.5, 0.6) is 0 Å². The molecule has 1 aliphatic rings. The predicted octanol–water partition coefficient (Wildman–Crippen LogP) is 2.37. The molecule has 2 atom stereocenters. The number of hydrogen-bond acceptors (Lipinski definition) is 3. The molecule has 1 N–H and O–H groups in total. The van der Waals surface area contributed by atoms with E-state index in [0.29, 0.717) is 24.9 Å². The number of urea groups is 1. The van der Waals surface area contributed by atoms with Gasteiger partial charge in [-0.1, -0.05) is 31.5 Å². The summed E-state index contributed by atoms with van der Waals surface area (Å²) in [5, 5.41) is 0. The number of carbonyl (C=O) groups excluding carboxylic acids is 1. The number of piperidine rings is 1. The second kappa shape index (κ2) is 6.05. The Bertz CT molecular complexity index is 600. The van der Waals surface area contributed by atoms with Gasteiger partial charge in [0.1, 0.15) is 0 Å². The number of amides is 2. The highest BCUT2D eigenvalue weighted by atomic mass is 32.2. The Morgan fingerprint density at radius 1 is 1.14 bits per heavy atom. The average molecular weight is 310 g/mol. The van der Waals surface area contributed by atoms with E-state index in [4.69, 9.17) is 0 Å². The van der Waals surface area contributed by atoms with E-state index >= 15 is 0 Å². The normalized spacial score (nSPS) is 22.9. The molecule has 1 aromatic rings. The summed E-state index contributed by atoms with van der Waals surface area (Å²) in [5.74, 6) is 0.781. The fourth-order valence-corrected chi connectivity index (χ4v) is 3.76. The fourth-order valence-electron chi connectivity index (χ4n) is 2.78. The van der Waals surface area contributed by atoms with Gasteiger partial charge in [-0.15, -0.1) is 0 Å². The lowest BCUT2D eigenvalue weighted by Crippen LogP contribution is -2.48. The molecular formula is C15H22N2O3S. The van der Waals surface area contributed by atoms with Crippen LogP contribution < -0.4 is 4.72 Å². The number of benzene rings is 1. The minimum absolute atomic E-state index is 0.111. The monoisotopic (exact) mass is 310 g/mol. The van der Waals surface area contributed by atoms with Crippen LogP contribution in [0.15, 0.2) is 29.2 Å². The van der Waals surface area contributed by atoms with E-state index in [-0.39, 0.29) is 4.90 Å². The van der Waals surface area contributed by atoms with Crippen LogP contribution in [0.25, 0.3) is 0 Å². The van der Waals surface area contributed by atoms with Crippen molar-refractivity contribution in [2.24, 2.45) is 11.8 Å². The first-order chi connectivity index (χ1) is 9.78. The quantitative estimate of drug-likeness (QED) is 0.912. The van der Waals surface area contributed by atoms with Gasteiger partial charge >= 0.3 is 6.03 Å². The lowest BCUT2D eigenvalue weighted by Gasteiger charge is -2.34. The predicted molar refractivity (Wildman–Crippen MR) is 81.4 cm³/mol. The minimum Gasteiger partial charge on any atom is -0.323 e. The van der Waals surface area contributed by atoms with Crippen molar-refractivity contribution in [3.05, 3.63) is 29.8 Å². The summed E-state index contributed by atoms with van der Waals surface area (Å²) in [5.41, 5.74) is 0.971. The maximum atomic E-state index is 12.2. The Labute approximate surface area is 126 Å². The van der Waals surface area contributed by atoms with E-state index in [0.717, 1.165) is 12.0 Å². The van der Waals surface area contributed by atoms with Gasteiger partial charge in [0.2, 0.25) is 0 Å². The van der Waals surface area contributed by atoms with Crippen molar-refractivity contribution in [3.63, 3.8) is 0 Å². The first kappa shape index (κ1) is 15.8. The lowest BCUT2D eigenvalue weighted by molar-refractivity contribution is 0.150. The zero-order valence-corrected chi connectivity index (χ0v) is 13.5. The summed E-state index contributed by atoms with van der Waals surface area (Å²) in [7, 11) is -3.80. The molecule has 1 fully saturated rings. The largest absolute Gasteiger partial charge is 0.331 e. The van der Waals surface area contributed by atoms with Crippen molar-refractivity contribution in [3.8, 4) is 0 Å². The lowest BCUT2D eigenvalue weighted by atomic mass is 9.92. The number of aryl methyl sites for hydroxylation is 1. The maximum Gasteiger partial charge on any atom is 0.331 e. The number of likely N-dealkylation sites (tertiary alicyclic amines) is 1. The molecule has 2 amide bonds. The molecule has 21 heavy (non-hydrogen) atoms. The topological polar surface area (TPSA) is 66.5 Å². The molecular weight excluding hydrogens is 288 g/mol. The Hall–Kier alpha value is -1.56. The van der Waals surface area contributed by atoms with Gasteiger partial charge in [-0.25, -0.2) is 17.9 Å². The third-order valence-corrected chi connectivity index (χ3v) is 5.05. The second-order valence-corrected chi connectivity index (χ2v) is 7.76. The van der Waals surface area contributed by atoms with Gasteiger partial charge in [-0.2, -0.15) is 0 Å². The van der Waals surface area contributed by atoms with Crippen molar-refractivity contribution < 1.29 is 13.2 Å². The highest BCUT2D eigenvalue weighted by Gasteiger charge is 2.28. The summed E-state index contributed by atoms with van der Waals surface area (Å²) in [6, 6.07) is 5.90. The third-order valence-electron chi connectivity index (χ3n) is 3.71. The molecule has 1 aromatic carbocycles. The molecule has 6 heteroatoms. The molecule has 0 radical (unpaired) electrons. The first-order valence-corrected chi connectivity index (χ1v) is 8.64. The van der Waals surface area contributed by atoms with Crippen LogP contribution in [0.4, 0.5) is 4.79 Å². The van der Waals surface area contributed by atoms with Gasteiger partial charge in [-0.3, -0.25) is 0 Å². The van der Waals surface area contributed by atoms with Gasteiger partial charge in [-0.05, 0) is 37.3 Å². The Kier molecular flexibility index (Phi) is 4.56. The van der Waals surface area contributed by atoms with Crippen LogP contribution in [-0.2, 0) is 10.0 Å². The smallest absolute Gasteiger partial charge is 0.323 e. The average Bonchev–Trinajstić information content (AvgIpc) is 2.37. The summed E-state index contributed by atoms with van der Waals surface area (Å²) in [6.07, 6.45) is 1.06. The zero-order chi connectivity index (χ0) is 15.6. The Morgan fingerprint density at radius 2 is 1.67 bits per heavy atom. The highest BCUT2D eigenvalue weighted by molar-refractivity contribution is 7.90. The van der Waals surface area contributed by atoms with Crippen LogP contribution in [0.2, 0.25) is 0 Å². The molecule has 1 heterocycles. The number of nitrogens with zero attached hydrogens (tertiary/aromatic N) is 1. The highest BCUT2D eigenvalue weighted by Crippen LogP contribution is 2.21. The van der Waals surface area contributed by atoms with E-state index < -0.39 is 16.1 Å². The van der Waals surface area contributed by atoms with Crippen LogP contribution in [-0.4, -0.2) is 32.4 Å². The van der Waals surface area contributed by atoms with Gasteiger partial charge in [0, 0.05) is 13.1 Å². The fraction of sp³-hybridized carbons (Fsp3) is 0.533. The van der Waals surface area contributed by atoms with E-state index in [1.165, 1.54) is 12.1 Å². The van der Waals surface area contributed by atoms with Crippen molar-refractivity contribution in [2.75, 3.05) is 13.1 Å². The molecule has 2 rings (SSSR count). The van der Waals surface area contributed by atoms with E-state index in [1.807, 2.05) is 6.92 Å². The van der Waals surface area contributed by atoms with Crippen molar-refractivity contribution in [1.29, 1.82) is 0 Å². The summed E-state index contributed by atoms with van der Waals surface area (Å²) in [6.45, 7) is 7.22. The van der Waals surface area contributed by atoms with Gasteiger partial charge in [0.05, 0.1) is 4.90 Å². The molecule has 0 aromatic heterocycles. The summed E-state index contributed by atoms with van der Waals surface area (Å²) in [4.78, 5) is 13.9. The Balaban J connectivity index is 2.09. The number of hydrogen-bond donors (Lipinski definition) is 1. The van der Waals surface area contributed by atoms with Crippen molar-refractivity contribution in [1.82, 2.24) is 9.62 Å². The zero-order valence-electron chi connectivity index (χ0n) is 12.7. The second-order valence-electron chi connectivity index (χ2n) is 6.07. The summed E-state index contributed by atoms with van der Waals surface area (Å²) < 4.78 is 26.6. The molecule has 0 bridgehead atoms. The van der Waals surface area contributed by atoms with Crippen molar-refractivity contribution >= 4 is 16.1 Å². The Morgan fingerprint density at radius 3 is 2.19 bits per heavy atom. The molecule has 1 aliphatic heterocycles. The molecule has 116 valence electrons. The van der Waals surface area contributed by atoms with Gasteiger partial charge in [0.15, 0.2) is 0 Å². The number of nitrogens with one attached hydrogen (secondary N) is 1. The minimum atomic E-state index is -3.80. The van der Waals surface area contributed by atoms with Crippen LogP contribution in [0.3, 0.4) is 0 Å². The third kappa shape index (κ3) is 3.97. The molecule has 0 spiro atoms. The number of carbonyl (C=O) groups is 1. The number of sulfonamides is 1. The molecule has 0 aliphatic carbocycles. The summed E-state index contributed by atoms with van der Waals surface area (Å²) >= 11 is 0. The van der Waals surface area contributed by atoms with E-state index in [1.54, 1.807) is 17.0 Å². The maximum absolute atomic E-state index is 12.2. The van der Waals surface area contributed by atoms with E-state index in [2.05, 4.69) is 18.6 Å². The molecule has 0 saturated carbocycles. The van der Waals surface area contributed by atoms with Crippen LogP contribution in [0, 0.1) is 18.8 Å². The van der Waals surface area contributed by atoms with Crippen LogP contribution in [0.1, 0.15) is 25.8 Å². The van der Waals surface area contributed by atoms with Crippen LogP contribution >= 0.6 is 0 Å². The molecule has 5 nitrogen and oxygen atoms in total. The molecule has 1 saturated heterocycles. The van der Waals surface area contributed by atoms with Gasteiger partial charge < -0.3 is 4.90 Å². The van der Waals surface area contributed by atoms with Crippen molar-refractivity contribution in [2.45, 2.75) is 32.1 Å². The number of rotatable bonds is 2. The standard InChI is InChI=1S/C15H22N2O3S/c1-11-4-6-14(7-5-11)21(19,20)16-15(18)17-9-12(2)8-13(3)10-17/h4-7,12-13H,8-10H2,1-3H3,(H,16,18). The first-order valence-electron chi connectivity index (χ1n) is 7.16.